The number of aliphatic hydroxyl groups is 2. The van der Waals surface area contributed by atoms with Gasteiger partial charge in [-0.3, -0.25) is 9.59 Å². The first-order valence-electron chi connectivity index (χ1n) is 14.3. The summed E-state index contributed by atoms with van der Waals surface area (Å²) in [5.74, 6) is 0.464. The Kier molecular flexibility index (Phi) is 12.4. The molecule has 0 bridgehead atoms. The highest BCUT2D eigenvalue weighted by Gasteiger charge is 2.32. The number of amides is 1. The van der Waals surface area contributed by atoms with Crippen LogP contribution in [0.25, 0.3) is 11.1 Å². The van der Waals surface area contributed by atoms with E-state index in [1.54, 1.807) is 11.8 Å². The lowest BCUT2D eigenvalue weighted by Crippen LogP contribution is -2.31. The molecule has 4 rings (SSSR count). The zero-order chi connectivity index (χ0) is 29.7. The number of unbranched alkanes of at least 4 members (excludes halogenated alkanes) is 1. The maximum absolute atomic E-state index is 12.2. The van der Waals surface area contributed by atoms with Crippen molar-refractivity contribution in [2.24, 2.45) is 0 Å². The fourth-order valence-corrected chi connectivity index (χ4v) is 5.65. The number of hydrogen-bond donors (Lipinski definition) is 4. The number of carbonyl (C=O) groups excluding carboxylic acids is 1. The van der Waals surface area contributed by atoms with E-state index in [4.69, 9.17) is 14.6 Å². The zero-order valence-corrected chi connectivity index (χ0v) is 24.4. The maximum Gasteiger partial charge on any atom is 0.303 e. The van der Waals surface area contributed by atoms with Crippen molar-refractivity contribution in [2.45, 2.75) is 63.8 Å². The molecular weight excluding hydrogens is 554 g/mol. The molecule has 3 aromatic carbocycles. The van der Waals surface area contributed by atoms with Gasteiger partial charge in [-0.2, -0.15) is 11.8 Å². The van der Waals surface area contributed by atoms with Crippen molar-refractivity contribution in [2.75, 3.05) is 18.1 Å². The molecule has 0 unspecified atom stereocenters. The van der Waals surface area contributed by atoms with Gasteiger partial charge in [-0.15, -0.1) is 0 Å². The molecule has 1 amide bonds. The molecule has 224 valence electrons. The van der Waals surface area contributed by atoms with E-state index in [0.29, 0.717) is 38.0 Å². The molecule has 0 spiro atoms. The van der Waals surface area contributed by atoms with E-state index in [0.717, 1.165) is 39.1 Å². The zero-order valence-electron chi connectivity index (χ0n) is 23.6. The molecule has 1 fully saturated rings. The minimum atomic E-state index is -0.844. The van der Waals surface area contributed by atoms with E-state index in [1.165, 1.54) is 0 Å². The van der Waals surface area contributed by atoms with Crippen LogP contribution in [0.5, 0.6) is 0 Å². The molecular formula is C33H39NO7S. The molecule has 1 heterocycles. The van der Waals surface area contributed by atoms with Gasteiger partial charge in [0, 0.05) is 42.9 Å². The Morgan fingerprint density at radius 3 is 2.33 bits per heavy atom. The third-order valence-electron chi connectivity index (χ3n) is 7.11. The second-order valence-electron chi connectivity index (χ2n) is 10.4. The first-order chi connectivity index (χ1) is 20.4. The van der Waals surface area contributed by atoms with E-state index in [2.05, 4.69) is 11.4 Å². The second kappa shape index (κ2) is 16.4. The lowest BCUT2D eigenvalue weighted by atomic mass is 9.99. The van der Waals surface area contributed by atoms with E-state index in [-0.39, 0.29) is 37.7 Å². The number of aliphatic hydroxyl groups excluding tert-OH is 2. The van der Waals surface area contributed by atoms with Crippen molar-refractivity contribution in [3.8, 4) is 11.1 Å². The van der Waals surface area contributed by atoms with E-state index in [9.17, 15) is 19.8 Å². The van der Waals surface area contributed by atoms with Crippen LogP contribution in [0.3, 0.4) is 0 Å². The van der Waals surface area contributed by atoms with Crippen LogP contribution in [-0.4, -0.2) is 51.4 Å². The number of nitrogens with one attached hydrogen (secondary N) is 1. The van der Waals surface area contributed by atoms with Crippen LogP contribution in [0.4, 0.5) is 0 Å². The third kappa shape index (κ3) is 9.68. The number of rotatable bonds is 15. The molecule has 0 saturated carbocycles. The summed E-state index contributed by atoms with van der Waals surface area (Å²) >= 11 is 1.66. The van der Waals surface area contributed by atoms with Crippen molar-refractivity contribution in [3.63, 3.8) is 0 Å². The van der Waals surface area contributed by atoms with Crippen molar-refractivity contribution >= 4 is 23.6 Å². The van der Waals surface area contributed by atoms with Crippen molar-refractivity contribution < 1.29 is 34.4 Å². The molecule has 1 saturated heterocycles. The number of thioether (sulfide) groups is 1. The summed E-state index contributed by atoms with van der Waals surface area (Å²) < 4.78 is 12.9. The molecule has 0 aromatic heterocycles. The van der Waals surface area contributed by atoms with Gasteiger partial charge in [0.15, 0.2) is 6.29 Å². The van der Waals surface area contributed by atoms with Crippen LogP contribution in [0.2, 0.25) is 0 Å². The Balaban J connectivity index is 1.44. The molecule has 42 heavy (non-hydrogen) atoms. The van der Waals surface area contributed by atoms with Gasteiger partial charge in [0.1, 0.15) is 0 Å². The van der Waals surface area contributed by atoms with Crippen molar-refractivity contribution in [1.82, 2.24) is 5.32 Å². The van der Waals surface area contributed by atoms with Gasteiger partial charge in [-0.1, -0.05) is 60.7 Å². The highest BCUT2D eigenvalue weighted by Crippen LogP contribution is 2.39. The van der Waals surface area contributed by atoms with Gasteiger partial charge in [-0.05, 0) is 52.8 Å². The topological polar surface area (TPSA) is 125 Å². The van der Waals surface area contributed by atoms with E-state index >= 15 is 0 Å². The lowest BCUT2D eigenvalue weighted by Gasteiger charge is -2.36. The number of carbonyl (C=O) groups is 2. The largest absolute Gasteiger partial charge is 0.481 e. The first kappa shape index (κ1) is 31.7. The number of hydrogen-bond acceptors (Lipinski definition) is 7. The average Bonchev–Trinajstić information content (AvgIpc) is 3.02. The van der Waals surface area contributed by atoms with Gasteiger partial charge in [0.2, 0.25) is 5.91 Å². The molecule has 1 aliphatic rings. The van der Waals surface area contributed by atoms with Gasteiger partial charge in [-0.25, -0.2) is 0 Å². The first-order valence-corrected chi connectivity index (χ1v) is 15.5. The summed E-state index contributed by atoms with van der Waals surface area (Å²) in [5.41, 5.74) is 5.76. The number of ether oxygens (including phenoxy) is 2. The fraction of sp³-hybridized carbons (Fsp3) is 0.394. The van der Waals surface area contributed by atoms with E-state index in [1.807, 2.05) is 66.7 Å². The number of carboxylic acid groups (broad SMARTS) is 1. The van der Waals surface area contributed by atoms with Crippen LogP contribution in [0.15, 0.2) is 72.8 Å². The van der Waals surface area contributed by atoms with Crippen molar-refractivity contribution in [3.05, 3.63) is 95.1 Å². The monoisotopic (exact) mass is 593 g/mol. The number of benzene rings is 3. The van der Waals surface area contributed by atoms with Gasteiger partial charge < -0.3 is 30.1 Å². The number of aliphatic carboxylic acids is 1. The Labute approximate surface area is 251 Å². The SMILES string of the molecule is O=C(O)CCCCC(=O)NCc1cccc(-c2cccc([C@H]3O[C@@H](CSCCO)C[C@@H](c4ccc(CO)cc4)O3)c2)c1. The van der Waals surface area contributed by atoms with Crippen molar-refractivity contribution in [1.29, 1.82) is 0 Å². The summed E-state index contributed by atoms with van der Waals surface area (Å²) in [6.07, 6.45) is 1.33. The predicted octanol–water partition coefficient (Wildman–Crippen LogP) is 5.38. The van der Waals surface area contributed by atoms with Gasteiger partial charge in [0.05, 0.1) is 25.4 Å². The van der Waals surface area contributed by atoms with Crippen LogP contribution >= 0.6 is 11.8 Å². The van der Waals surface area contributed by atoms with Gasteiger partial charge >= 0.3 is 5.97 Å². The molecule has 0 radical (unpaired) electrons. The minimum Gasteiger partial charge on any atom is -0.481 e. The Morgan fingerprint density at radius 2 is 1.60 bits per heavy atom. The molecule has 8 nitrogen and oxygen atoms in total. The van der Waals surface area contributed by atoms with E-state index < -0.39 is 12.3 Å². The molecule has 3 atom stereocenters. The highest BCUT2D eigenvalue weighted by molar-refractivity contribution is 7.99. The second-order valence-corrected chi connectivity index (χ2v) is 11.5. The molecule has 4 N–H and O–H groups in total. The minimum absolute atomic E-state index is 0.00702. The fourth-order valence-electron chi connectivity index (χ4n) is 4.88. The average molecular weight is 594 g/mol. The quantitative estimate of drug-likeness (QED) is 0.173. The normalized spacial score (nSPS) is 18.5. The summed E-state index contributed by atoms with van der Waals surface area (Å²) in [7, 11) is 0. The van der Waals surface area contributed by atoms with Gasteiger partial charge in [0.25, 0.3) is 0 Å². The predicted molar refractivity (Wildman–Crippen MR) is 163 cm³/mol. The highest BCUT2D eigenvalue weighted by atomic mass is 32.2. The molecule has 1 aliphatic heterocycles. The Bertz CT molecular complexity index is 1300. The summed E-state index contributed by atoms with van der Waals surface area (Å²) in [6.45, 7) is 0.512. The Morgan fingerprint density at radius 1 is 0.857 bits per heavy atom. The smallest absolute Gasteiger partial charge is 0.303 e. The van der Waals surface area contributed by atoms with Crippen LogP contribution in [0.1, 0.15) is 66.8 Å². The standard InChI is InChI=1S/C33H39NO7S/c35-15-16-42-22-29-19-30(25-13-11-23(21-36)12-14-25)41-33(40-29)28-8-4-7-27(18-28)26-6-3-5-24(17-26)20-34-31(37)9-1-2-10-32(38)39/h3-8,11-14,17-18,29-30,33,35-36H,1-2,9-10,15-16,19-22H2,(H,34,37)(H,38,39)/t29-,30+,33+/m1/s1. The molecule has 0 aliphatic carbocycles. The number of carboxylic acids is 1. The Hall–Kier alpha value is -3.21. The third-order valence-corrected chi connectivity index (χ3v) is 8.19. The van der Waals surface area contributed by atoms with Crippen LogP contribution in [0, 0.1) is 0 Å². The van der Waals surface area contributed by atoms with Crippen LogP contribution in [-0.2, 0) is 32.2 Å². The summed E-state index contributed by atoms with van der Waals surface area (Å²) in [6, 6.07) is 23.9. The maximum atomic E-state index is 12.2. The summed E-state index contributed by atoms with van der Waals surface area (Å²) in [4.78, 5) is 22.8. The van der Waals surface area contributed by atoms with Crippen LogP contribution < -0.4 is 5.32 Å². The molecule has 9 heteroatoms. The lowest BCUT2D eigenvalue weighted by molar-refractivity contribution is -0.245. The summed E-state index contributed by atoms with van der Waals surface area (Å²) in [5, 5.41) is 30.3. The molecule has 3 aromatic rings.